The molecule has 3 atom stereocenters. The molecule has 2 rings (SSSR count). The Labute approximate surface area is 136 Å². The highest BCUT2D eigenvalue weighted by Gasteiger charge is 2.33. The second kappa shape index (κ2) is 7.10. The van der Waals surface area contributed by atoms with Gasteiger partial charge in [0.25, 0.3) is 0 Å². The number of anilines is 1. The lowest BCUT2D eigenvalue weighted by atomic mass is 9.91. The van der Waals surface area contributed by atoms with Crippen LogP contribution in [0.25, 0.3) is 0 Å². The van der Waals surface area contributed by atoms with Gasteiger partial charge in [0, 0.05) is 29.6 Å². The highest BCUT2D eigenvalue weighted by atomic mass is 79.9. The maximum absolute atomic E-state index is 14.3. The molecule has 21 heavy (non-hydrogen) atoms. The molecular weight excluding hydrogens is 331 g/mol. The molecule has 0 aliphatic carbocycles. The molecule has 1 aliphatic rings. The van der Waals surface area contributed by atoms with Crippen molar-refractivity contribution in [1.29, 1.82) is 0 Å². The van der Waals surface area contributed by atoms with Crippen LogP contribution in [0.15, 0.2) is 22.7 Å². The normalized spacial score (nSPS) is 24.4. The molecule has 1 heterocycles. The van der Waals surface area contributed by atoms with Crippen molar-refractivity contribution in [2.45, 2.75) is 46.2 Å². The summed E-state index contributed by atoms with van der Waals surface area (Å²) in [7, 11) is 0. The zero-order valence-electron chi connectivity index (χ0n) is 13.4. The van der Waals surface area contributed by atoms with Gasteiger partial charge in [-0.15, -0.1) is 0 Å². The maximum atomic E-state index is 14.3. The smallest absolute Gasteiger partial charge is 0.146 e. The Bertz CT molecular complexity index is 478. The van der Waals surface area contributed by atoms with Gasteiger partial charge in [-0.25, -0.2) is 4.39 Å². The van der Waals surface area contributed by atoms with E-state index in [9.17, 15) is 4.39 Å². The molecule has 0 bridgehead atoms. The van der Waals surface area contributed by atoms with Crippen LogP contribution in [-0.4, -0.2) is 25.2 Å². The van der Waals surface area contributed by atoms with E-state index in [2.05, 4.69) is 53.8 Å². The van der Waals surface area contributed by atoms with Gasteiger partial charge >= 0.3 is 0 Å². The van der Waals surface area contributed by atoms with Gasteiger partial charge in [-0.1, -0.05) is 50.0 Å². The van der Waals surface area contributed by atoms with Gasteiger partial charge in [0.15, 0.2) is 0 Å². The van der Waals surface area contributed by atoms with Gasteiger partial charge in [-0.3, -0.25) is 0 Å². The SMILES string of the molecule is CCC(C)C1CN(c2cc(Br)ccc2F)C(C(C)C)CN1. The van der Waals surface area contributed by atoms with Gasteiger partial charge in [-0.05, 0) is 30.0 Å². The van der Waals surface area contributed by atoms with Crippen LogP contribution in [0.2, 0.25) is 0 Å². The number of halogens is 2. The van der Waals surface area contributed by atoms with Crippen molar-refractivity contribution in [1.82, 2.24) is 5.32 Å². The number of nitrogens with one attached hydrogen (secondary N) is 1. The second-order valence-corrected chi connectivity index (χ2v) is 7.38. The molecule has 118 valence electrons. The molecule has 0 amide bonds. The predicted molar refractivity (Wildman–Crippen MR) is 91.3 cm³/mol. The minimum absolute atomic E-state index is 0.131. The van der Waals surface area contributed by atoms with Crippen molar-refractivity contribution in [3.8, 4) is 0 Å². The molecule has 0 radical (unpaired) electrons. The molecule has 3 unspecified atom stereocenters. The lowest BCUT2D eigenvalue weighted by Gasteiger charge is -2.45. The van der Waals surface area contributed by atoms with E-state index in [1.165, 1.54) is 0 Å². The topological polar surface area (TPSA) is 15.3 Å². The summed E-state index contributed by atoms with van der Waals surface area (Å²) in [5.41, 5.74) is 0.720. The lowest BCUT2D eigenvalue weighted by Crippen LogP contribution is -2.60. The fraction of sp³-hybridized carbons (Fsp3) is 0.647. The average molecular weight is 357 g/mol. The Morgan fingerprint density at radius 2 is 2.10 bits per heavy atom. The highest BCUT2D eigenvalue weighted by Crippen LogP contribution is 2.30. The Kier molecular flexibility index (Phi) is 5.67. The second-order valence-electron chi connectivity index (χ2n) is 6.46. The van der Waals surface area contributed by atoms with E-state index in [1.54, 1.807) is 12.1 Å². The van der Waals surface area contributed by atoms with E-state index < -0.39 is 0 Å². The molecule has 4 heteroatoms. The fourth-order valence-electron chi connectivity index (χ4n) is 3.04. The highest BCUT2D eigenvalue weighted by molar-refractivity contribution is 9.10. The van der Waals surface area contributed by atoms with Crippen molar-refractivity contribution in [2.75, 3.05) is 18.0 Å². The first-order valence-corrected chi connectivity index (χ1v) is 8.68. The first kappa shape index (κ1) is 16.8. The summed E-state index contributed by atoms with van der Waals surface area (Å²) >= 11 is 3.47. The zero-order valence-corrected chi connectivity index (χ0v) is 15.0. The number of piperazine rings is 1. The summed E-state index contributed by atoms with van der Waals surface area (Å²) in [6, 6.07) is 5.97. The molecule has 1 aliphatic heterocycles. The Hall–Kier alpha value is -0.610. The van der Waals surface area contributed by atoms with E-state index in [1.807, 2.05) is 6.07 Å². The number of hydrogen-bond donors (Lipinski definition) is 1. The summed E-state index contributed by atoms with van der Waals surface area (Å²) in [6.45, 7) is 10.7. The van der Waals surface area contributed by atoms with E-state index in [4.69, 9.17) is 0 Å². The largest absolute Gasteiger partial charge is 0.363 e. The van der Waals surface area contributed by atoms with Crippen LogP contribution in [-0.2, 0) is 0 Å². The summed E-state index contributed by atoms with van der Waals surface area (Å²) in [6.07, 6.45) is 1.14. The van der Waals surface area contributed by atoms with Gasteiger partial charge in [0.1, 0.15) is 5.82 Å². The summed E-state index contributed by atoms with van der Waals surface area (Å²) < 4.78 is 15.2. The van der Waals surface area contributed by atoms with Crippen LogP contribution in [0.5, 0.6) is 0 Å². The fourth-order valence-corrected chi connectivity index (χ4v) is 3.39. The van der Waals surface area contributed by atoms with E-state index in [0.29, 0.717) is 23.9 Å². The Balaban J connectivity index is 2.31. The quantitative estimate of drug-likeness (QED) is 0.857. The average Bonchev–Trinajstić information content (AvgIpc) is 2.48. The minimum Gasteiger partial charge on any atom is -0.363 e. The van der Waals surface area contributed by atoms with Crippen LogP contribution in [0.4, 0.5) is 10.1 Å². The predicted octanol–water partition coefficient (Wildman–Crippen LogP) is 4.44. The zero-order chi connectivity index (χ0) is 15.6. The third kappa shape index (κ3) is 3.78. The van der Waals surface area contributed by atoms with Gasteiger partial charge in [-0.2, -0.15) is 0 Å². The van der Waals surface area contributed by atoms with Crippen LogP contribution in [0.3, 0.4) is 0 Å². The molecular formula is C17H26BrFN2. The third-order valence-corrected chi connectivity index (χ3v) is 5.19. The number of rotatable bonds is 4. The maximum Gasteiger partial charge on any atom is 0.146 e. The van der Waals surface area contributed by atoms with E-state index in [0.717, 1.165) is 29.7 Å². The first-order valence-electron chi connectivity index (χ1n) is 7.89. The number of hydrogen-bond acceptors (Lipinski definition) is 2. The number of nitrogens with zero attached hydrogens (tertiary/aromatic N) is 1. The Morgan fingerprint density at radius 1 is 1.38 bits per heavy atom. The third-order valence-electron chi connectivity index (χ3n) is 4.70. The van der Waals surface area contributed by atoms with Gasteiger partial charge < -0.3 is 10.2 Å². The molecule has 0 aromatic heterocycles. The van der Waals surface area contributed by atoms with Crippen molar-refractivity contribution >= 4 is 21.6 Å². The molecule has 1 N–H and O–H groups in total. The van der Waals surface area contributed by atoms with Crippen molar-refractivity contribution in [2.24, 2.45) is 11.8 Å². The molecule has 1 saturated heterocycles. The van der Waals surface area contributed by atoms with Gasteiger partial charge in [0.2, 0.25) is 0 Å². The van der Waals surface area contributed by atoms with Crippen LogP contribution in [0, 0.1) is 17.7 Å². The van der Waals surface area contributed by atoms with Crippen LogP contribution in [0.1, 0.15) is 34.1 Å². The van der Waals surface area contributed by atoms with E-state index >= 15 is 0 Å². The van der Waals surface area contributed by atoms with Gasteiger partial charge in [0.05, 0.1) is 5.69 Å². The summed E-state index contributed by atoms with van der Waals surface area (Å²) in [5, 5.41) is 3.66. The molecule has 1 fully saturated rings. The van der Waals surface area contributed by atoms with Crippen LogP contribution >= 0.6 is 15.9 Å². The summed E-state index contributed by atoms with van der Waals surface area (Å²) in [4.78, 5) is 2.26. The minimum atomic E-state index is -0.131. The summed E-state index contributed by atoms with van der Waals surface area (Å²) in [5.74, 6) is 0.943. The molecule has 2 nitrogen and oxygen atoms in total. The number of benzene rings is 1. The standard InChI is InChI=1S/C17H26BrFN2/c1-5-12(4)15-10-21(17(9-20-15)11(2)3)16-8-13(18)6-7-14(16)19/h6-8,11-12,15,17,20H,5,9-10H2,1-4H3. The molecule has 1 aromatic rings. The Morgan fingerprint density at radius 3 is 2.71 bits per heavy atom. The van der Waals surface area contributed by atoms with Crippen molar-refractivity contribution in [3.05, 3.63) is 28.5 Å². The molecule has 0 saturated carbocycles. The lowest BCUT2D eigenvalue weighted by molar-refractivity contribution is 0.280. The van der Waals surface area contributed by atoms with Crippen molar-refractivity contribution < 1.29 is 4.39 Å². The van der Waals surface area contributed by atoms with Crippen LogP contribution < -0.4 is 10.2 Å². The monoisotopic (exact) mass is 356 g/mol. The van der Waals surface area contributed by atoms with E-state index in [-0.39, 0.29) is 5.82 Å². The molecule has 1 aromatic carbocycles. The first-order chi connectivity index (χ1) is 9.93. The van der Waals surface area contributed by atoms with Crippen molar-refractivity contribution in [3.63, 3.8) is 0 Å². The molecule has 0 spiro atoms.